The molecule has 0 saturated carbocycles. The highest BCUT2D eigenvalue weighted by molar-refractivity contribution is 7.46. The maximum absolute atomic E-state index is 11.2. The maximum Gasteiger partial charge on any atom is 0.470 e. The number of ketones is 1. The third kappa shape index (κ3) is 8.84. The summed E-state index contributed by atoms with van der Waals surface area (Å²) >= 11 is 0. The Morgan fingerprint density at radius 3 is 1.80 bits per heavy atom. The Hall–Kier alpha value is -0.230. The van der Waals surface area contributed by atoms with E-state index in [-0.39, 0.29) is 0 Å². The van der Waals surface area contributed by atoms with Gasteiger partial charge in [-0.15, -0.1) is 0 Å². The highest BCUT2D eigenvalue weighted by Crippen LogP contribution is 2.36. The number of phosphoric ester groups is 2. The van der Waals surface area contributed by atoms with Crippen molar-refractivity contribution in [3.05, 3.63) is 0 Å². The molecule has 0 aromatic rings. The van der Waals surface area contributed by atoms with Crippen LogP contribution < -0.4 is 0 Å². The van der Waals surface area contributed by atoms with Gasteiger partial charge in [-0.1, -0.05) is 0 Å². The van der Waals surface area contributed by atoms with E-state index in [0.29, 0.717) is 0 Å². The fourth-order valence-electron chi connectivity index (χ4n) is 0.906. The lowest BCUT2D eigenvalue weighted by molar-refractivity contribution is -0.142. The zero-order chi connectivity index (χ0) is 16.1. The summed E-state index contributed by atoms with van der Waals surface area (Å²) in [6.07, 6.45) is -6.53. The predicted octanol–water partition coefficient (Wildman–Crippen LogP) is -3.14. The van der Waals surface area contributed by atoms with Gasteiger partial charge < -0.3 is 34.9 Å². The first kappa shape index (κ1) is 19.8. The zero-order valence-corrected chi connectivity index (χ0v) is 11.5. The summed E-state index contributed by atoms with van der Waals surface area (Å²) in [5, 5.41) is 27.7. The lowest BCUT2D eigenvalue weighted by Gasteiger charge is -2.22. The van der Waals surface area contributed by atoms with Crippen LogP contribution in [0.2, 0.25) is 0 Å². The summed E-state index contributed by atoms with van der Waals surface area (Å²) in [6.45, 7) is -2.33. The van der Waals surface area contributed by atoms with Crippen LogP contribution in [0.3, 0.4) is 0 Å². The number of carbonyl (C=O) groups is 1. The largest absolute Gasteiger partial charge is 0.470 e. The van der Waals surface area contributed by atoms with Gasteiger partial charge in [0.25, 0.3) is 0 Å². The lowest BCUT2D eigenvalue weighted by Crippen LogP contribution is -2.45. The van der Waals surface area contributed by atoms with Crippen LogP contribution in [0.25, 0.3) is 0 Å². The van der Waals surface area contributed by atoms with Crippen LogP contribution in [0, 0.1) is 0 Å². The van der Waals surface area contributed by atoms with Crippen molar-refractivity contribution in [3.63, 3.8) is 0 Å². The number of hydrogen-bond donors (Lipinski definition) is 7. The smallest absolute Gasteiger partial charge is 0.388 e. The van der Waals surface area contributed by atoms with Crippen molar-refractivity contribution in [2.75, 3.05) is 13.2 Å². The topological polar surface area (TPSA) is 211 Å². The van der Waals surface area contributed by atoms with E-state index in [1.54, 1.807) is 0 Å². The Kier molecular flexibility index (Phi) is 7.60. The second-order valence-electron chi connectivity index (χ2n) is 3.52. The van der Waals surface area contributed by atoms with Gasteiger partial charge in [-0.2, -0.15) is 0 Å². The minimum Gasteiger partial charge on any atom is -0.388 e. The minimum atomic E-state index is -4.95. The predicted molar refractivity (Wildman–Crippen MR) is 59.0 cm³/mol. The van der Waals surface area contributed by atoms with Crippen LogP contribution >= 0.6 is 15.6 Å². The molecule has 12 nitrogen and oxygen atoms in total. The van der Waals surface area contributed by atoms with Crippen LogP contribution in [0.1, 0.15) is 0 Å². The first-order valence-corrected chi connectivity index (χ1v) is 7.86. The first-order valence-electron chi connectivity index (χ1n) is 4.80. The summed E-state index contributed by atoms with van der Waals surface area (Å²) in [4.78, 5) is 44.4. The van der Waals surface area contributed by atoms with Gasteiger partial charge in [0.15, 0.2) is 5.78 Å². The Labute approximate surface area is 112 Å². The van der Waals surface area contributed by atoms with Crippen molar-refractivity contribution >= 4 is 21.4 Å². The average Bonchev–Trinajstić information content (AvgIpc) is 2.29. The Bertz CT molecular complexity index is 410. The Morgan fingerprint density at radius 2 is 1.40 bits per heavy atom. The molecule has 0 saturated heterocycles. The normalized spacial score (nSPS) is 17.6. The van der Waals surface area contributed by atoms with Crippen molar-refractivity contribution in [1.82, 2.24) is 0 Å². The average molecular weight is 341 g/mol. The Morgan fingerprint density at radius 1 is 0.950 bits per heavy atom. The molecule has 0 radical (unpaired) electrons. The number of phosphoric acid groups is 2. The molecule has 0 aliphatic rings. The van der Waals surface area contributed by atoms with Gasteiger partial charge in [0.05, 0.1) is 6.61 Å². The number of carbonyl (C=O) groups excluding carboxylic acids is 1. The van der Waals surface area contributed by atoms with E-state index >= 15 is 0 Å². The molecule has 0 bridgehead atoms. The van der Waals surface area contributed by atoms with E-state index in [0.717, 1.165) is 0 Å². The van der Waals surface area contributed by atoms with E-state index in [4.69, 9.17) is 19.6 Å². The van der Waals surface area contributed by atoms with Crippen molar-refractivity contribution in [2.45, 2.75) is 18.3 Å². The number of rotatable bonds is 9. The number of Topliss-reactive ketones (excluding diaryl/α,β-unsaturated/α-hetero) is 1. The third-order valence-electron chi connectivity index (χ3n) is 1.84. The Balaban J connectivity index is 4.38. The van der Waals surface area contributed by atoms with Gasteiger partial charge in [-0.25, -0.2) is 9.13 Å². The summed E-state index contributed by atoms with van der Waals surface area (Å²) in [5.41, 5.74) is 0. The summed E-state index contributed by atoms with van der Waals surface area (Å²) in [7, 11) is -9.87. The molecule has 0 aromatic carbocycles. The molecule has 0 unspecified atom stereocenters. The lowest BCUT2D eigenvalue weighted by atomic mass is 10.1. The van der Waals surface area contributed by atoms with Gasteiger partial charge in [0, 0.05) is 0 Å². The molecular formula is C6H14O12P2. The molecule has 0 aromatic heterocycles. The first-order chi connectivity index (χ1) is 8.83. The van der Waals surface area contributed by atoms with E-state index in [1.165, 1.54) is 0 Å². The molecule has 14 heteroatoms. The van der Waals surface area contributed by atoms with Gasteiger partial charge in [0.2, 0.25) is 0 Å². The maximum atomic E-state index is 11.2. The van der Waals surface area contributed by atoms with E-state index in [1.807, 2.05) is 0 Å². The minimum absolute atomic E-state index is 1.09. The molecule has 0 aliphatic carbocycles. The molecule has 0 fully saturated rings. The van der Waals surface area contributed by atoms with E-state index < -0.39 is 53.0 Å². The quantitative estimate of drug-likeness (QED) is 0.164. The SMILES string of the molecule is O=C(COP(=O)(O)O)[C@@H](O)[C@H](O)[C@H](O)[13CH2]OP(=O)(O)O. The molecule has 0 rings (SSSR count). The monoisotopic (exact) mass is 341 g/mol. The van der Waals surface area contributed by atoms with Crippen molar-refractivity contribution in [1.29, 1.82) is 0 Å². The molecule has 3 atom stereocenters. The van der Waals surface area contributed by atoms with Crippen LogP contribution in [0.5, 0.6) is 0 Å². The second-order valence-corrected chi connectivity index (χ2v) is 6.00. The van der Waals surface area contributed by atoms with Crippen LogP contribution in [0.4, 0.5) is 0 Å². The molecule has 0 heterocycles. The zero-order valence-electron chi connectivity index (χ0n) is 9.71. The summed E-state index contributed by atoms with van der Waals surface area (Å²) in [5.74, 6) is -1.36. The van der Waals surface area contributed by atoms with Gasteiger partial charge in [0.1, 0.15) is 24.9 Å². The molecule has 7 N–H and O–H groups in total. The van der Waals surface area contributed by atoms with E-state index in [9.17, 15) is 29.2 Å². The summed E-state index contributed by atoms with van der Waals surface area (Å²) in [6, 6.07) is 0. The molecule has 0 aliphatic heterocycles. The molecular weight excluding hydrogens is 327 g/mol. The van der Waals surface area contributed by atoms with Gasteiger partial charge in [-0.3, -0.25) is 13.8 Å². The van der Waals surface area contributed by atoms with Crippen molar-refractivity contribution in [3.8, 4) is 0 Å². The van der Waals surface area contributed by atoms with Crippen molar-refractivity contribution < 1.29 is 57.9 Å². The number of hydrogen-bond acceptors (Lipinski definition) is 8. The van der Waals surface area contributed by atoms with Crippen LogP contribution in [-0.4, -0.2) is 72.2 Å². The van der Waals surface area contributed by atoms with Gasteiger partial charge >= 0.3 is 15.6 Å². The number of aliphatic hydroxyl groups is 3. The van der Waals surface area contributed by atoms with Gasteiger partial charge in [-0.05, 0) is 0 Å². The molecule has 120 valence electrons. The highest BCUT2D eigenvalue weighted by atomic mass is 31.2. The molecule has 0 spiro atoms. The van der Waals surface area contributed by atoms with Crippen LogP contribution in [-0.2, 0) is 23.0 Å². The third-order valence-corrected chi connectivity index (χ3v) is 2.79. The molecule has 0 amide bonds. The van der Waals surface area contributed by atoms with Crippen molar-refractivity contribution in [2.24, 2.45) is 0 Å². The highest BCUT2D eigenvalue weighted by Gasteiger charge is 2.32. The fourth-order valence-corrected chi connectivity index (χ4v) is 1.55. The van der Waals surface area contributed by atoms with E-state index in [2.05, 4.69) is 9.05 Å². The standard InChI is InChI=1S/C6H14O12P2/c7-3(1-17-19(11,12)13)5(9)6(10)4(8)2-18-20(14,15)16/h3,5-7,9-10H,1-2H2,(H2,11,12,13)(H2,14,15,16)/t3-,5-,6-/m1/s1/i1+1. The fraction of sp³-hybridized carbons (Fsp3) is 0.833. The summed E-state index contributed by atoms with van der Waals surface area (Å²) < 4.78 is 28.2. The second kappa shape index (κ2) is 7.69. The number of aliphatic hydroxyl groups excluding tert-OH is 3. The van der Waals surface area contributed by atoms with Crippen LogP contribution in [0.15, 0.2) is 0 Å². The molecule has 20 heavy (non-hydrogen) atoms.